The first kappa shape index (κ1) is 25.2. The van der Waals surface area contributed by atoms with Crippen LogP contribution in [0.25, 0.3) is 32.9 Å². The molecule has 1 atom stereocenters. The van der Waals surface area contributed by atoms with E-state index in [0.717, 1.165) is 62.8 Å². The van der Waals surface area contributed by atoms with Gasteiger partial charge in [0.2, 0.25) is 0 Å². The number of ether oxygens (including phenoxy) is 2. The molecule has 1 N–H and O–H groups in total. The van der Waals surface area contributed by atoms with Crippen molar-refractivity contribution in [2.75, 3.05) is 6.61 Å². The van der Waals surface area contributed by atoms with Crippen LogP contribution < -0.4 is 4.74 Å². The summed E-state index contributed by atoms with van der Waals surface area (Å²) in [5, 5.41) is 12.2. The number of fused-ring (bicyclic) bond motifs is 1. The van der Waals surface area contributed by atoms with Crippen LogP contribution in [-0.4, -0.2) is 33.3 Å². The second kappa shape index (κ2) is 9.42. The summed E-state index contributed by atoms with van der Waals surface area (Å²) in [6.07, 6.45) is 2.35. The van der Waals surface area contributed by atoms with Gasteiger partial charge in [-0.05, 0) is 87.1 Å². The van der Waals surface area contributed by atoms with Crippen molar-refractivity contribution in [2.24, 2.45) is 5.92 Å². The Morgan fingerprint density at radius 1 is 1.16 bits per heavy atom. The van der Waals surface area contributed by atoms with Crippen LogP contribution >= 0.6 is 0 Å². The predicted molar refractivity (Wildman–Crippen MR) is 146 cm³/mol. The van der Waals surface area contributed by atoms with Gasteiger partial charge in [0, 0.05) is 40.2 Å². The van der Waals surface area contributed by atoms with Gasteiger partial charge in [0.25, 0.3) is 0 Å². The molecule has 0 fully saturated rings. The first-order valence-corrected chi connectivity index (χ1v) is 12.9. The Kier molecular flexibility index (Phi) is 6.40. The number of aryl methyl sites for hydroxylation is 1. The highest BCUT2D eigenvalue weighted by Crippen LogP contribution is 2.44. The average Bonchev–Trinajstić information content (AvgIpc) is 2.82. The van der Waals surface area contributed by atoms with Crippen molar-refractivity contribution in [3.05, 3.63) is 65.0 Å². The number of pyridine rings is 2. The Labute approximate surface area is 217 Å². The normalized spacial score (nSPS) is 14.2. The third-order valence-corrected chi connectivity index (χ3v) is 6.71. The Balaban J connectivity index is 1.88. The number of benzene rings is 2. The number of carboxylic acid groups (broad SMARTS) is 1. The number of hydrogen-bond acceptors (Lipinski definition) is 5. The van der Waals surface area contributed by atoms with Gasteiger partial charge in [0.15, 0.2) is 6.10 Å². The van der Waals surface area contributed by atoms with E-state index < -0.39 is 17.7 Å². The van der Waals surface area contributed by atoms with Gasteiger partial charge in [-0.3, -0.25) is 9.97 Å². The molecule has 5 rings (SSSR count). The molecular weight excluding hydrogens is 464 g/mol. The molecule has 2 aromatic carbocycles. The van der Waals surface area contributed by atoms with Crippen LogP contribution in [0.2, 0.25) is 0 Å². The maximum absolute atomic E-state index is 12.7. The maximum Gasteiger partial charge on any atom is 0.337 e. The number of carboxylic acids is 1. The van der Waals surface area contributed by atoms with Gasteiger partial charge in [-0.15, -0.1) is 0 Å². The van der Waals surface area contributed by atoms with Gasteiger partial charge in [0.05, 0.1) is 23.2 Å². The zero-order valence-corrected chi connectivity index (χ0v) is 22.4. The molecule has 0 spiro atoms. The monoisotopic (exact) mass is 498 g/mol. The highest BCUT2D eigenvalue weighted by molar-refractivity contribution is 6.08. The highest BCUT2D eigenvalue weighted by Gasteiger charge is 2.32. The average molecular weight is 499 g/mol. The van der Waals surface area contributed by atoms with Crippen molar-refractivity contribution < 1.29 is 19.4 Å². The van der Waals surface area contributed by atoms with E-state index in [9.17, 15) is 9.90 Å². The first-order chi connectivity index (χ1) is 17.5. The number of hydrogen-bond donors (Lipinski definition) is 1. The lowest BCUT2D eigenvalue weighted by molar-refractivity contribution is -0.160. The molecule has 2 aromatic heterocycles. The van der Waals surface area contributed by atoms with Crippen LogP contribution in [0.5, 0.6) is 5.75 Å². The zero-order valence-electron chi connectivity index (χ0n) is 22.4. The molecule has 0 saturated heterocycles. The molecule has 0 aliphatic carbocycles. The zero-order chi connectivity index (χ0) is 26.5. The summed E-state index contributed by atoms with van der Waals surface area (Å²) in [6, 6.07) is 12.1. The lowest BCUT2D eigenvalue weighted by Gasteiger charge is -2.29. The molecule has 1 aliphatic rings. The first-order valence-electron chi connectivity index (χ1n) is 12.9. The Morgan fingerprint density at radius 2 is 1.95 bits per heavy atom. The number of aromatic nitrogens is 2. The highest BCUT2D eigenvalue weighted by atomic mass is 16.5. The summed E-state index contributed by atoms with van der Waals surface area (Å²) in [6.45, 7) is 12.6. The van der Waals surface area contributed by atoms with E-state index in [-0.39, 0.29) is 0 Å². The van der Waals surface area contributed by atoms with Crippen molar-refractivity contribution >= 4 is 27.8 Å². The van der Waals surface area contributed by atoms with Gasteiger partial charge < -0.3 is 14.6 Å². The van der Waals surface area contributed by atoms with Crippen molar-refractivity contribution in [1.29, 1.82) is 0 Å². The molecule has 37 heavy (non-hydrogen) atoms. The van der Waals surface area contributed by atoms with Crippen molar-refractivity contribution in [1.82, 2.24) is 9.97 Å². The second-order valence-corrected chi connectivity index (χ2v) is 11.3. The lowest BCUT2D eigenvalue weighted by Crippen LogP contribution is -2.28. The maximum atomic E-state index is 12.7. The van der Waals surface area contributed by atoms with Gasteiger partial charge in [-0.25, -0.2) is 4.79 Å². The fourth-order valence-electron chi connectivity index (χ4n) is 5.31. The molecule has 0 saturated carbocycles. The van der Waals surface area contributed by atoms with E-state index in [1.165, 1.54) is 5.56 Å². The minimum atomic E-state index is -1.16. The Bertz CT molecular complexity index is 1510. The summed E-state index contributed by atoms with van der Waals surface area (Å²) >= 11 is 0. The van der Waals surface area contributed by atoms with Crippen LogP contribution in [0.1, 0.15) is 63.1 Å². The van der Waals surface area contributed by atoms with Gasteiger partial charge in [-0.1, -0.05) is 19.9 Å². The van der Waals surface area contributed by atoms with Gasteiger partial charge in [0.1, 0.15) is 5.75 Å². The molecule has 0 bridgehead atoms. The predicted octanol–water partition coefficient (Wildman–Crippen LogP) is 6.83. The summed E-state index contributed by atoms with van der Waals surface area (Å²) in [7, 11) is 0. The Morgan fingerprint density at radius 3 is 2.65 bits per heavy atom. The van der Waals surface area contributed by atoms with E-state index in [4.69, 9.17) is 19.4 Å². The van der Waals surface area contributed by atoms with Crippen molar-refractivity contribution in [2.45, 2.75) is 66.1 Å². The number of rotatable bonds is 6. The summed E-state index contributed by atoms with van der Waals surface area (Å²) < 4.78 is 12.1. The smallest absolute Gasteiger partial charge is 0.337 e. The van der Waals surface area contributed by atoms with Gasteiger partial charge in [-0.2, -0.15) is 0 Å². The second-order valence-electron chi connectivity index (χ2n) is 11.3. The van der Waals surface area contributed by atoms with E-state index in [1.807, 2.05) is 64.2 Å². The van der Waals surface area contributed by atoms with E-state index >= 15 is 0 Å². The number of nitrogens with zero attached hydrogens (tertiary/aromatic N) is 2. The molecule has 0 unspecified atom stereocenters. The van der Waals surface area contributed by atoms with Crippen molar-refractivity contribution in [3.8, 4) is 16.9 Å². The molecule has 3 heterocycles. The number of aliphatic carboxylic acids is 1. The standard InChI is InChI=1S/C31H34N2O4/c1-17(2)15-20-7-8-21-23(33-20)16-18(3)25(29(30(34)35)37-31(4,5)6)27(21)22-9-10-24-26-19(12-14-36-24)11-13-32-28(22)26/h7-11,13,16-17,29H,12,14-15H2,1-6H3,(H,34,35)/t29-/m0/s1. The third kappa shape index (κ3) is 4.78. The van der Waals surface area contributed by atoms with Crippen LogP contribution in [0.3, 0.4) is 0 Å². The minimum absolute atomic E-state index is 0.478. The van der Waals surface area contributed by atoms with Crippen LogP contribution in [0.4, 0.5) is 0 Å². The summed E-state index contributed by atoms with van der Waals surface area (Å²) in [4.78, 5) is 22.5. The summed E-state index contributed by atoms with van der Waals surface area (Å²) in [5.41, 5.74) is 6.30. The van der Waals surface area contributed by atoms with Crippen LogP contribution in [-0.2, 0) is 22.4 Å². The van der Waals surface area contributed by atoms with Gasteiger partial charge >= 0.3 is 5.97 Å². The Hall–Kier alpha value is -3.51. The molecule has 0 radical (unpaired) electrons. The molecule has 6 nitrogen and oxygen atoms in total. The van der Waals surface area contributed by atoms with Crippen LogP contribution in [0.15, 0.2) is 42.6 Å². The molecular formula is C31H34N2O4. The van der Waals surface area contributed by atoms with E-state index in [2.05, 4.69) is 19.9 Å². The lowest BCUT2D eigenvalue weighted by atomic mass is 9.86. The fourth-order valence-corrected chi connectivity index (χ4v) is 5.31. The summed E-state index contributed by atoms with van der Waals surface area (Å²) in [5.74, 6) is 0.262. The quantitative estimate of drug-likeness (QED) is 0.314. The molecule has 1 aliphatic heterocycles. The largest absolute Gasteiger partial charge is 0.493 e. The fraction of sp³-hybridized carbons (Fsp3) is 0.387. The van der Waals surface area contributed by atoms with Crippen LogP contribution in [0, 0.1) is 12.8 Å². The molecule has 0 amide bonds. The molecule has 6 heteroatoms. The van der Waals surface area contributed by atoms with E-state index in [0.29, 0.717) is 18.1 Å². The minimum Gasteiger partial charge on any atom is -0.493 e. The number of carbonyl (C=O) groups is 1. The molecule has 4 aromatic rings. The molecule has 192 valence electrons. The SMILES string of the molecule is Cc1cc2nc(CC(C)C)ccc2c(-c2ccc3c4c(ccnc24)CCO3)c1[C@H](OC(C)(C)C)C(=O)O. The topological polar surface area (TPSA) is 81.5 Å². The van der Waals surface area contributed by atoms with E-state index in [1.54, 1.807) is 0 Å². The van der Waals surface area contributed by atoms with Crippen molar-refractivity contribution in [3.63, 3.8) is 0 Å². The third-order valence-electron chi connectivity index (χ3n) is 6.71.